The highest BCUT2D eigenvalue weighted by atomic mass is 79.9. The van der Waals surface area contributed by atoms with E-state index < -0.39 is 0 Å². The highest BCUT2D eigenvalue weighted by Gasteiger charge is 2.20. The highest BCUT2D eigenvalue weighted by molar-refractivity contribution is 9.10. The smallest absolute Gasteiger partial charge is 0.220 e. The molecule has 4 heteroatoms. The summed E-state index contributed by atoms with van der Waals surface area (Å²) in [4.78, 5) is 11.1. The van der Waals surface area contributed by atoms with Crippen molar-refractivity contribution in [1.82, 2.24) is 5.32 Å². The van der Waals surface area contributed by atoms with Gasteiger partial charge in [0, 0.05) is 18.9 Å². The van der Waals surface area contributed by atoms with Gasteiger partial charge in [0.25, 0.3) is 0 Å². The minimum Gasteiger partial charge on any atom is -0.496 e. The summed E-state index contributed by atoms with van der Waals surface area (Å²) in [5, 5.41) is 2.89. The fraction of sp³-hybridized carbons (Fsp3) is 0.417. The molecule has 1 aliphatic rings. The molecule has 86 valence electrons. The molecule has 16 heavy (non-hydrogen) atoms. The van der Waals surface area contributed by atoms with Crippen LogP contribution in [0.1, 0.15) is 24.3 Å². The standard InChI is InChI=1S/C12H14BrNO2/c1-16-11-4-2-8(6-10(11)13)9-3-5-12(15)14-7-9/h2,4,6,9H,3,5,7H2,1H3,(H,14,15). The lowest BCUT2D eigenvalue weighted by Gasteiger charge is -2.23. The molecule has 1 unspecified atom stereocenters. The molecule has 0 saturated carbocycles. The topological polar surface area (TPSA) is 38.3 Å². The van der Waals surface area contributed by atoms with Crippen molar-refractivity contribution >= 4 is 21.8 Å². The van der Waals surface area contributed by atoms with Crippen molar-refractivity contribution in [2.24, 2.45) is 0 Å². The van der Waals surface area contributed by atoms with E-state index in [0.29, 0.717) is 12.3 Å². The van der Waals surface area contributed by atoms with Crippen LogP contribution in [0.15, 0.2) is 22.7 Å². The van der Waals surface area contributed by atoms with Gasteiger partial charge in [0.15, 0.2) is 0 Å². The van der Waals surface area contributed by atoms with Gasteiger partial charge in [-0.2, -0.15) is 0 Å². The first-order valence-corrected chi connectivity index (χ1v) is 6.10. The van der Waals surface area contributed by atoms with Crippen molar-refractivity contribution in [3.05, 3.63) is 28.2 Å². The monoisotopic (exact) mass is 283 g/mol. The van der Waals surface area contributed by atoms with Crippen LogP contribution in [0.3, 0.4) is 0 Å². The Bertz CT molecular complexity index is 396. The quantitative estimate of drug-likeness (QED) is 0.906. The third-order valence-corrected chi connectivity index (χ3v) is 3.53. The van der Waals surface area contributed by atoms with Crippen LogP contribution < -0.4 is 10.1 Å². The minimum atomic E-state index is 0.156. The Morgan fingerprint density at radius 3 is 2.88 bits per heavy atom. The van der Waals surface area contributed by atoms with Crippen LogP contribution in [0.4, 0.5) is 0 Å². The molecule has 0 aliphatic carbocycles. The number of carbonyl (C=O) groups is 1. The first kappa shape index (κ1) is 11.5. The van der Waals surface area contributed by atoms with Crippen LogP contribution in [0.25, 0.3) is 0 Å². The number of amides is 1. The van der Waals surface area contributed by atoms with Crippen molar-refractivity contribution in [3.8, 4) is 5.75 Å². The average Bonchev–Trinajstić information content (AvgIpc) is 2.30. The maximum Gasteiger partial charge on any atom is 0.220 e. The van der Waals surface area contributed by atoms with Crippen LogP contribution in [0, 0.1) is 0 Å². The van der Waals surface area contributed by atoms with Crippen LogP contribution in [-0.4, -0.2) is 19.6 Å². The molecule has 1 aromatic carbocycles. The molecule has 3 nitrogen and oxygen atoms in total. The number of hydrogen-bond acceptors (Lipinski definition) is 2. The normalized spacial score (nSPS) is 20.4. The molecule has 1 amide bonds. The Hall–Kier alpha value is -1.03. The Labute approximate surface area is 103 Å². The molecule has 1 fully saturated rings. The summed E-state index contributed by atoms with van der Waals surface area (Å²) in [6.45, 7) is 0.734. The molecule has 1 aliphatic heterocycles. The molecular formula is C12H14BrNO2. The summed E-state index contributed by atoms with van der Waals surface area (Å²) in [5.41, 5.74) is 1.24. The van der Waals surface area contributed by atoms with Gasteiger partial charge < -0.3 is 10.1 Å². The second-order valence-corrected chi connectivity index (χ2v) is 4.79. The zero-order valence-electron chi connectivity index (χ0n) is 9.13. The summed E-state index contributed by atoms with van der Waals surface area (Å²) in [6, 6.07) is 6.09. The number of nitrogens with one attached hydrogen (secondary N) is 1. The van der Waals surface area contributed by atoms with Crippen LogP contribution in [0.5, 0.6) is 5.75 Å². The first-order chi connectivity index (χ1) is 7.70. The van der Waals surface area contributed by atoms with Crippen molar-refractivity contribution in [1.29, 1.82) is 0 Å². The van der Waals surface area contributed by atoms with Gasteiger partial charge in [0.2, 0.25) is 5.91 Å². The predicted molar refractivity (Wildman–Crippen MR) is 65.7 cm³/mol. The molecule has 0 aromatic heterocycles. The van der Waals surface area contributed by atoms with Crippen molar-refractivity contribution in [2.45, 2.75) is 18.8 Å². The Morgan fingerprint density at radius 2 is 2.31 bits per heavy atom. The molecule has 1 N–H and O–H groups in total. The van der Waals surface area contributed by atoms with Gasteiger partial charge in [0.1, 0.15) is 5.75 Å². The van der Waals surface area contributed by atoms with Crippen molar-refractivity contribution in [2.75, 3.05) is 13.7 Å². The van der Waals surface area contributed by atoms with E-state index in [0.717, 1.165) is 23.2 Å². The SMILES string of the molecule is COc1ccc(C2CCC(=O)NC2)cc1Br. The van der Waals surface area contributed by atoms with Gasteiger partial charge in [-0.15, -0.1) is 0 Å². The van der Waals surface area contributed by atoms with E-state index in [1.54, 1.807) is 7.11 Å². The second-order valence-electron chi connectivity index (χ2n) is 3.93. The van der Waals surface area contributed by atoms with E-state index in [1.165, 1.54) is 5.56 Å². The number of ether oxygens (including phenoxy) is 1. The van der Waals surface area contributed by atoms with Crippen LogP contribution >= 0.6 is 15.9 Å². The van der Waals surface area contributed by atoms with E-state index in [4.69, 9.17) is 4.74 Å². The zero-order chi connectivity index (χ0) is 11.5. The highest BCUT2D eigenvalue weighted by Crippen LogP contribution is 2.31. The van der Waals surface area contributed by atoms with Crippen molar-refractivity contribution < 1.29 is 9.53 Å². The van der Waals surface area contributed by atoms with Crippen LogP contribution in [-0.2, 0) is 4.79 Å². The number of methoxy groups -OCH3 is 1. The molecule has 1 heterocycles. The van der Waals surface area contributed by atoms with Gasteiger partial charge in [-0.05, 0) is 40.0 Å². The van der Waals surface area contributed by atoms with Gasteiger partial charge >= 0.3 is 0 Å². The Kier molecular flexibility index (Phi) is 3.49. The fourth-order valence-electron chi connectivity index (χ4n) is 1.95. The Balaban J connectivity index is 2.15. The van der Waals surface area contributed by atoms with Crippen molar-refractivity contribution in [3.63, 3.8) is 0 Å². The molecule has 1 saturated heterocycles. The lowest BCUT2D eigenvalue weighted by atomic mass is 9.91. The summed E-state index contributed by atoms with van der Waals surface area (Å²) in [6.07, 6.45) is 1.54. The number of piperidine rings is 1. The van der Waals surface area contributed by atoms with Gasteiger partial charge in [-0.3, -0.25) is 4.79 Å². The summed E-state index contributed by atoms with van der Waals surface area (Å²) in [5.74, 6) is 1.41. The largest absolute Gasteiger partial charge is 0.496 e. The van der Waals surface area contributed by atoms with E-state index in [-0.39, 0.29) is 5.91 Å². The van der Waals surface area contributed by atoms with E-state index in [1.807, 2.05) is 6.07 Å². The third-order valence-electron chi connectivity index (χ3n) is 2.91. The molecule has 0 radical (unpaired) electrons. The predicted octanol–water partition coefficient (Wildman–Crippen LogP) is 2.45. The van der Waals surface area contributed by atoms with Gasteiger partial charge in [-0.1, -0.05) is 6.07 Å². The summed E-state index contributed by atoms with van der Waals surface area (Å²) in [7, 11) is 1.65. The molecule has 1 aromatic rings. The third kappa shape index (κ3) is 2.38. The molecular weight excluding hydrogens is 270 g/mol. The minimum absolute atomic E-state index is 0.156. The van der Waals surface area contributed by atoms with E-state index in [9.17, 15) is 4.79 Å². The lowest BCUT2D eigenvalue weighted by molar-refractivity contribution is -0.122. The fourth-order valence-corrected chi connectivity index (χ4v) is 2.51. The van der Waals surface area contributed by atoms with E-state index >= 15 is 0 Å². The molecule has 1 atom stereocenters. The lowest BCUT2D eigenvalue weighted by Crippen LogP contribution is -2.33. The van der Waals surface area contributed by atoms with Gasteiger partial charge in [0.05, 0.1) is 11.6 Å². The summed E-state index contributed by atoms with van der Waals surface area (Å²) < 4.78 is 6.15. The number of benzene rings is 1. The summed E-state index contributed by atoms with van der Waals surface area (Å²) >= 11 is 3.47. The maximum absolute atomic E-state index is 11.1. The molecule has 2 rings (SSSR count). The molecule has 0 bridgehead atoms. The van der Waals surface area contributed by atoms with E-state index in [2.05, 4.69) is 33.4 Å². The van der Waals surface area contributed by atoms with Gasteiger partial charge in [-0.25, -0.2) is 0 Å². The Morgan fingerprint density at radius 1 is 1.50 bits per heavy atom. The average molecular weight is 284 g/mol. The number of rotatable bonds is 2. The zero-order valence-corrected chi connectivity index (χ0v) is 10.7. The number of carbonyl (C=O) groups excluding carboxylic acids is 1. The van der Waals surface area contributed by atoms with Crippen LogP contribution in [0.2, 0.25) is 0 Å². The second kappa shape index (κ2) is 4.87. The number of halogens is 1. The number of hydrogen-bond donors (Lipinski definition) is 1. The maximum atomic E-state index is 11.1. The molecule has 0 spiro atoms. The first-order valence-electron chi connectivity index (χ1n) is 5.31.